The number of carbonyl (C=O) groups is 1. The van der Waals surface area contributed by atoms with E-state index in [1.807, 2.05) is 13.0 Å². The van der Waals surface area contributed by atoms with Crippen LogP contribution in [0.4, 0.5) is 18.9 Å². The van der Waals surface area contributed by atoms with Crippen LogP contribution in [0.1, 0.15) is 32.6 Å². The quantitative estimate of drug-likeness (QED) is 0.581. The standard InChI is InChI=1S/C15H18F3NO/c1-2-3-5-10-13(11-14(20)15(16,17)18)19-12-8-6-4-7-9-12/h4,6-9,11,19H,2-3,5,10H2,1H3/b13-11+. The fourth-order valence-corrected chi connectivity index (χ4v) is 1.68. The molecule has 0 atom stereocenters. The molecule has 0 heterocycles. The second-order valence-corrected chi connectivity index (χ2v) is 4.48. The number of halogens is 3. The van der Waals surface area contributed by atoms with E-state index in [4.69, 9.17) is 0 Å². The maximum Gasteiger partial charge on any atom is 0.454 e. The SMILES string of the molecule is CCCCC/C(=C\C(=O)C(F)(F)F)Nc1ccccc1. The molecule has 110 valence electrons. The molecule has 0 spiro atoms. The minimum Gasteiger partial charge on any atom is -0.359 e. The molecule has 0 aromatic heterocycles. The summed E-state index contributed by atoms with van der Waals surface area (Å²) >= 11 is 0. The first-order chi connectivity index (χ1) is 9.43. The highest BCUT2D eigenvalue weighted by Gasteiger charge is 2.36. The summed E-state index contributed by atoms with van der Waals surface area (Å²) in [5, 5.41) is 2.88. The van der Waals surface area contributed by atoms with Gasteiger partial charge in [0.2, 0.25) is 0 Å². The van der Waals surface area contributed by atoms with Gasteiger partial charge in [-0.3, -0.25) is 4.79 Å². The lowest BCUT2D eigenvalue weighted by Gasteiger charge is -2.11. The zero-order valence-electron chi connectivity index (χ0n) is 11.3. The van der Waals surface area contributed by atoms with E-state index in [2.05, 4.69) is 5.32 Å². The van der Waals surface area contributed by atoms with Crippen molar-refractivity contribution in [2.75, 3.05) is 5.32 Å². The number of allylic oxidation sites excluding steroid dienone is 2. The fourth-order valence-electron chi connectivity index (χ4n) is 1.68. The topological polar surface area (TPSA) is 29.1 Å². The van der Waals surface area contributed by atoms with Crippen LogP contribution in [0.2, 0.25) is 0 Å². The molecule has 0 fully saturated rings. The number of benzene rings is 1. The van der Waals surface area contributed by atoms with Crippen LogP contribution in [-0.2, 0) is 4.79 Å². The van der Waals surface area contributed by atoms with Crippen molar-refractivity contribution in [1.29, 1.82) is 0 Å². The predicted molar refractivity (Wildman–Crippen MR) is 73.4 cm³/mol. The van der Waals surface area contributed by atoms with Crippen LogP contribution in [0.15, 0.2) is 42.1 Å². The van der Waals surface area contributed by atoms with Crippen molar-refractivity contribution >= 4 is 11.5 Å². The van der Waals surface area contributed by atoms with E-state index in [1.165, 1.54) is 0 Å². The number of hydrogen-bond donors (Lipinski definition) is 1. The summed E-state index contributed by atoms with van der Waals surface area (Å²) in [6.07, 6.45) is -1.13. The second kappa shape index (κ2) is 7.72. The van der Waals surface area contributed by atoms with Gasteiger partial charge >= 0.3 is 6.18 Å². The van der Waals surface area contributed by atoms with Crippen molar-refractivity contribution in [3.63, 3.8) is 0 Å². The van der Waals surface area contributed by atoms with Crippen LogP contribution in [0.3, 0.4) is 0 Å². The average molecular weight is 285 g/mol. The van der Waals surface area contributed by atoms with E-state index < -0.39 is 12.0 Å². The van der Waals surface area contributed by atoms with Crippen molar-refractivity contribution in [3.8, 4) is 0 Å². The first kappa shape index (κ1) is 16.3. The van der Waals surface area contributed by atoms with Gasteiger partial charge in [-0.2, -0.15) is 13.2 Å². The lowest BCUT2D eigenvalue weighted by molar-refractivity contribution is -0.165. The lowest BCUT2D eigenvalue weighted by Crippen LogP contribution is -2.21. The summed E-state index contributed by atoms with van der Waals surface area (Å²) in [5.74, 6) is -1.83. The zero-order valence-corrected chi connectivity index (χ0v) is 11.3. The minimum atomic E-state index is -4.83. The molecule has 0 saturated heterocycles. The normalized spacial score (nSPS) is 12.3. The highest BCUT2D eigenvalue weighted by atomic mass is 19.4. The first-order valence-corrected chi connectivity index (χ1v) is 6.57. The number of nitrogens with one attached hydrogen (secondary N) is 1. The molecule has 1 aromatic rings. The molecule has 2 nitrogen and oxygen atoms in total. The number of hydrogen-bond acceptors (Lipinski definition) is 2. The van der Waals surface area contributed by atoms with Gasteiger partial charge in [0.25, 0.3) is 5.78 Å². The van der Waals surface area contributed by atoms with Crippen molar-refractivity contribution in [3.05, 3.63) is 42.1 Å². The summed E-state index contributed by atoms with van der Waals surface area (Å²) in [7, 11) is 0. The first-order valence-electron chi connectivity index (χ1n) is 6.57. The van der Waals surface area contributed by atoms with Gasteiger partial charge in [-0.1, -0.05) is 38.0 Å². The van der Waals surface area contributed by atoms with Crippen LogP contribution in [0.5, 0.6) is 0 Å². The molecule has 0 bridgehead atoms. The molecule has 0 amide bonds. The summed E-state index contributed by atoms with van der Waals surface area (Å²) < 4.78 is 36.9. The average Bonchev–Trinajstić information content (AvgIpc) is 2.39. The van der Waals surface area contributed by atoms with Crippen LogP contribution < -0.4 is 5.32 Å². The lowest BCUT2D eigenvalue weighted by atomic mass is 10.1. The van der Waals surface area contributed by atoms with Crippen LogP contribution >= 0.6 is 0 Å². The monoisotopic (exact) mass is 285 g/mol. The summed E-state index contributed by atoms with van der Waals surface area (Å²) in [6.45, 7) is 2.01. The van der Waals surface area contributed by atoms with Crippen molar-refractivity contribution < 1.29 is 18.0 Å². The molecule has 0 aliphatic carbocycles. The summed E-state index contributed by atoms with van der Waals surface area (Å²) in [4.78, 5) is 11.1. The number of ketones is 1. The maximum absolute atomic E-state index is 12.3. The van der Waals surface area contributed by atoms with E-state index in [0.29, 0.717) is 23.9 Å². The molecule has 0 unspecified atom stereocenters. The third-order valence-electron chi connectivity index (χ3n) is 2.71. The molecule has 0 aliphatic rings. The smallest absolute Gasteiger partial charge is 0.359 e. The number of para-hydroxylation sites is 1. The van der Waals surface area contributed by atoms with Gasteiger partial charge in [0.1, 0.15) is 0 Å². The molecular formula is C15H18F3NO. The Morgan fingerprint density at radius 2 is 1.85 bits per heavy atom. The molecule has 1 rings (SSSR count). The van der Waals surface area contributed by atoms with E-state index in [9.17, 15) is 18.0 Å². The van der Waals surface area contributed by atoms with Crippen molar-refractivity contribution in [2.24, 2.45) is 0 Å². The van der Waals surface area contributed by atoms with E-state index in [-0.39, 0.29) is 0 Å². The molecule has 1 aromatic carbocycles. The molecular weight excluding hydrogens is 267 g/mol. The van der Waals surface area contributed by atoms with Gasteiger partial charge in [0, 0.05) is 17.5 Å². The number of anilines is 1. The van der Waals surface area contributed by atoms with Gasteiger partial charge in [-0.25, -0.2) is 0 Å². The number of alkyl halides is 3. The largest absolute Gasteiger partial charge is 0.454 e. The minimum absolute atomic E-state index is 0.298. The van der Waals surface area contributed by atoms with E-state index >= 15 is 0 Å². The predicted octanol–water partition coefficient (Wildman–Crippen LogP) is 4.69. The molecule has 0 saturated carbocycles. The Hall–Kier alpha value is -1.78. The number of unbranched alkanes of at least 4 members (excludes halogenated alkanes) is 2. The van der Waals surface area contributed by atoms with Crippen LogP contribution in [0, 0.1) is 0 Å². The summed E-state index contributed by atoms with van der Waals surface area (Å²) in [5.41, 5.74) is 0.970. The van der Waals surface area contributed by atoms with Crippen LogP contribution in [0.25, 0.3) is 0 Å². The van der Waals surface area contributed by atoms with Crippen molar-refractivity contribution in [1.82, 2.24) is 0 Å². The molecule has 1 N–H and O–H groups in total. The number of rotatable bonds is 7. The van der Waals surface area contributed by atoms with Gasteiger partial charge < -0.3 is 5.32 Å². The highest BCUT2D eigenvalue weighted by Crippen LogP contribution is 2.20. The Labute approximate surface area is 116 Å². The Bertz CT molecular complexity index is 452. The Morgan fingerprint density at radius 1 is 1.20 bits per heavy atom. The maximum atomic E-state index is 12.3. The number of carbonyl (C=O) groups excluding carboxylic acids is 1. The van der Waals surface area contributed by atoms with E-state index in [1.54, 1.807) is 24.3 Å². The Balaban J connectivity index is 2.79. The third kappa shape index (κ3) is 5.91. The fraction of sp³-hybridized carbons (Fsp3) is 0.400. The van der Waals surface area contributed by atoms with Gasteiger partial charge in [0.15, 0.2) is 0 Å². The highest BCUT2D eigenvalue weighted by molar-refractivity contribution is 5.95. The van der Waals surface area contributed by atoms with Gasteiger partial charge in [-0.15, -0.1) is 0 Å². The molecule has 5 heteroatoms. The second-order valence-electron chi connectivity index (χ2n) is 4.48. The van der Waals surface area contributed by atoms with Gasteiger partial charge in [0.05, 0.1) is 0 Å². The van der Waals surface area contributed by atoms with Gasteiger partial charge in [-0.05, 0) is 25.0 Å². The molecule has 20 heavy (non-hydrogen) atoms. The Morgan fingerprint density at radius 3 is 2.40 bits per heavy atom. The molecule has 0 radical (unpaired) electrons. The Kier molecular flexibility index (Phi) is 6.28. The van der Waals surface area contributed by atoms with E-state index in [0.717, 1.165) is 19.3 Å². The molecule has 0 aliphatic heterocycles. The van der Waals surface area contributed by atoms with Crippen LogP contribution in [-0.4, -0.2) is 12.0 Å². The zero-order chi connectivity index (χ0) is 15.0. The van der Waals surface area contributed by atoms with Crippen molar-refractivity contribution in [2.45, 2.75) is 38.8 Å². The summed E-state index contributed by atoms with van der Waals surface area (Å²) in [6, 6.07) is 8.85. The third-order valence-corrected chi connectivity index (χ3v) is 2.71.